The van der Waals surface area contributed by atoms with E-state index < -0.39 is 0 Å². The lowest BCUT2D eigenvalue weighted by molar-refractivity contribution is 0.120. The molecule has 1 unspecified atom stereocenters. The van der Waals surface area contributed by atoms with Gasteiger partial charge in [0.05, 0.1) is 0 Å². The van der Waals surface area contributed by atoms with Gasteiger partial charge in [-0.15, -0.1) is 0 Å². The molecule has 3 rings (SSSR count). The zero-order valence-electron chi connectivity index (χ0n) is 9.98. The van der Waals surface area contributed by atoms with Crippen molar-refractivity contribution in [1.82, 2.24) is 4.90 Å². The minimum Gasteiger partial charge on any atom is -0.328 e. The summed E-state index contributed by atoms with van der Waals surface area (Å²) < 4.78 is 12.9. The van der Waals surface area contributed by atoms with Crippen molar-refractivity contribution in [3.8, 4) is 0 Å². The molecule has 1 aromatic carbocycles. The zero-order chi connectivity index (χ0) is 11.8. The van der Waals surface area contributed by atoms with Gasteiger partial charge in [-0.25, -0.2) is 4.39 Å². The minimum atomic E-state index is -0.155. The molecule has 0 aliphatic carbocycles. The molecule has 1 aromatic rings. The molecule has 2 aliphatic heterocycles. The van der Waals surface area contributed by atoms with Crippen LogP contribution in [-0.2, 0) is 6.54 Å². The van der Waals surface area contributed by atoms with Gasteiger partial charge in [-0.05, 0) is 43.4 Å². The number of nitrogens with zero attached hydrogens (tertiary/aromatic N) is 1. The average molecular weight is 234 g/mol. The van der Waals surface area contributed by atoms with Crippen LogP contribution >= 0.6 is 0 Å². The number of hydrogen-bond donors (Lipinski definition) is 1. The molecule has 0 radical (unpaired) electrons. The summed E-state index contributed by atoms with van der Waals surface area (Å²) in [4.78, 5) is 2.57. The highest BCUT2D eigenvalue weighted by Gasteiger charge is 2.39. The Kier molecular flexibility index (Phi) is 2.89. The highest BCUT2D eigenvalue weighted by Crippen LogP contribution is 2.36. The molecule has 3 atom stereocenters. The third-order valence-electron chi connectivity index (χ3n) is 4.20. The fourth-order valence-corrected chi connectivity index (χ4v) is 3.38. The quantitative estimate of drug-likeness (QED) is 0.850. The molecule has 17 heavy (non-hydrogen) atoms. The molecule has 2 aliphatic rings. The van der Waals surface area contributed by atoms with Crippen LogP contribution in [0, 0.1) is 5.82 Å². The smallest absolute Gasteiger partial charge is 0.123 e. The van der Waals surface area contributed by atoms with E-state index in [1.807, 2.05) is 12.1 Å². The van der Waals surface area contributed by atoms with Crippen molar-refractivity contribution in [2.24, 2.45) is 5.73 Å². The van der Waals surface area contributed by atoms with E-state index in [0.717, 1.165) is 19.4 Å². The van der Waals surface area contributed by atoms with Crippen molar-refractivity contribution in [3.05, 3.63) is 35.6 Å². The van der Waals surface area contributed by atoms with E-state index in [9.17, 15) is 4.39 Å². The molecule has 2 heterocycles. The number of fused-ring (bicyclic) bond motifs is 2. The van der Waals surface area contributed by atoms with Crippen LogP contribution in [0.5, 0.6) is 0 Å². The first-order chi connectivity index (χ1) is 8.22. The summed E-state index contributed by atoms with van der Waals surface area (Å²) in [6, 6.07) is 8.56. The minimum absolute atomic E-state index is 0.155. The van der Waals surface area contributed by atoms with E-state index in [-0.39, 0.29) is 5.82 Å². The van der Waals surface area contributed by atoms with E-state index in [0.29, 0.717) is 18.1 Å². The van der Waals surface area contributed by atoms with Gasteiger partial charge in [0.1, 0.15) is 5.82 Å². The van der Waals surface area contributed by atoms with Gasteiger partial charge in [0.2, 0.25) is 0 Å². The summed E-state index contributed by atoms with van der Waals surface area (Å²) in [7, 11) is 0. The molecule has 92 valence electrons. The monoisotopic (exact) mass is 234 g/mol. The molecule has 2 bridgehead atoms. The summed E-state index contributed by atoms with van der Waals surface area (Å²) in [5.74, 6) is -0.155. The summed E-state index contributed by atoms with van der Waals surface area (Å²) >= 11 is 0. The Balaban J connectivity index is 1.72. The van der Waals surface area contributed by atoms with Gasteiger partial charge in [0.15, 0.2) is 0 Å². The van der Waals surface area contributed by atoms with Crippen LogP contribution in [0.1, 0.15) is 31.2 Å². The molecule has 2 N–H and O–H groups in total. The molecule has 0 spiro atoms. The lowest BCUT2D eigenvalue weighted by Crippen LogP contribution is -2.46. The van der Waals surface area contributed by atoms with Crippen LogP contribution in [0.25, 0.3) is 0 Å². The summed E-state index contributed by atoms with van der Waals surface area (Å²) in [5, 5.41) is 0. The van der Waals surface area contributed by atoms with Gasteiger partial charge in [0, 0.05) is 24.7 Å². The van der Waals surface area contributed by atoms with Crippen molar-refractivity contribution in [3.63, 3.8) is 0 Å². The van der Waals surface area contributed by atoms with E-state index in [1.54, 1.807) is 12.1 Å². The van der Waals surface area contributed by atoms with Crippen LogP contribution in [-0.4, -0.2) is 23.0 Å². The molecule has 2 nitrogen and oxygen atoms in total. The van der Waals surface area contributed by atoms with Crippen molar-refractivity contribution in [1.29, 1.82) is 0 Å². The number of nitrogens with two attached hydrogens (primary N) is 1. The van der Waals surface area contributed by atoms with Crippen molar-refractivity contribution in [2.45, 2.75) is 50.4 Å². The molecule has 0 amide bonds. The first-order valence-corrected chi connectivity index (χ1v) is 6.48. The number of halogens is 1. The largest absolute Gasteiger partial charge is 0.328 e. The van der Waals surface area contributed by atoms with Crippen LogP contribution in [0.2, 0.25) is 0 Å². The first-order valence-electron chi connectivity index (χ1n) is 6.48. The zero-order valence-corrected chi connectivity index (χ0v) is 9.98. The normalized spacial score (nSPS) is 32.9. The Morgan fingerprint density at radius 3 is 2.29 bits per heavy atom. The maximum absolute atomic E-state index is 12.9. The predicted octanol–water partition coefficient (Wildman–Crippen LogP) is 2.28. The summed E-state index contributed by atoms with van der Waals surface area (Å²) in [5.41, 5.74) is 7.26. The van der Waals surface area contributed by atoms with Gasteiger partial charge >= 0.3 is 0 Å². The second kappa shape index (κ2) is 4.39. The molecular weight excluding hydrogens is 215 g/mol. The molecule has 2 saturated heterocycles. The van der Waals surface area contributed by atoms with Crippen molar-refractivity contribution in [2.75, 3.05) is 0 Å². The van der Waals surface area contributed by atoms with Crippen LogP contribution in [0.15, 0.2) is 24.3 Å². The highest BCUT2D eigenvalue weighted by atomic mass is 19.1. The Morgan fingerprint density at radius 2 is 1.71 bits per heavy atom. The SMILES string of the molecule is NC1C[C@H]2CC[C@@H](C1)N2Cc1ccc(F)cc1. The van der Waals surface area contributed by atoms with Crippen molar-refractivity contribution < 1.29 is 4.39 Å². The van der Waals surface area contributed by atoms with Crippen LogP contribution < -0.4 is 5.73 Å². The predicted molar refractivity (Wildman–Crippen MR) is 66.0 cm³/mol. The molecule has 3 heteroatoms. The average Bonchev–Trinajstić information content (AvgIpc) is 2.56. The molecule has 0 saturated carbocycles. The maximum Gasteiger partial charge on any atom is 0.123 e. The molecule has 0 aromatic heterocycles. The number of hydrogen-bond acceptors (Lipinski definition) is 2. The first kappa shape index (κ1) is 11.2. The maximum atomic E-state index is 12.9. The Hall–Kier alpha value is -0.930. The highest BCUT2D eigenvalue weighted by molar-refractivity contribution is 5.17. The van der Waals surface area contributed by atoms with Crippen molar-refractivity contribution >= 4 is 0 Å². The van der Waals surface area contributed by atoms with Gasteiger partial charge in [-0.2, -0.15) is 0 Å². The van der Waals surface area contributed by atoms with E-state index in [4.69, 9.17) is 5.73 Å². The van der Waals surface area contributed by atoms with Crippen LogP contribution in [0.4, 0.5) is 4.39 Å². The second-order valence-electron chi connectivity index (χ2n) is 5.42. The Labute approximate surface area is 102 Å². The summed E-state index contributed by atoms with van der Waals surface area (Å²) in [6.07, 6.45) is 4.80. The topological polar surface area (TPSA) is 29.3 Å². The van der Waals surface area contributed by atoms with E-state index in [2.05, 4.69) is 4.90 Å². The number of piperidine rings is 1. The third kappa shape index (κ3) is 2.22. The molecule has 2 fully saturated rings. The molecular formula is C14H19FN2. The standard InChI is InChI=1S/C14H19FN2/c15-11-3-1-10(2-4-11)9-17-13-5-6-14(17)8-12(16)7-13/h1-4,12-14H,5-9,16H2/t12?,13-,14+. The fourth-order valence-electron chi connectivity index (χ4n) is 3.38. The Bertz CT molecular complexity index is 376. The van der Waals surface area contributed by atoms with Gasteiger partial charge < -0.3 is 5.73 Å². The number of benzene rings is 1. The lowest BCUT2D eigenvalue weighted by atomic mass is 9.97. The lowest BCUT2D eigenvalue weighted by Gasteiger charge is -2.37. The second-order valence-corrected chi connectivity index (χ2v) is 5.42. The van der Waals surface area contributed by atoms with Gasteiger partial charge in [-0.1, -0.05) is 12.1 Å². The third-order valence-corrected chi connectivity index (χ3v) is 4.20. The van der Waals surface area contributed by atoms with E-state index >= 15 is 0 Å². The van der Waals surface area contributed by atoms with Gasteiger partial charge in [0.25, 0.3) is 0 Å². The van der Waals surface area contributed by atoms with Crippen LogP contribution in [0.3, 0.4) is 0 Å². The fraction of sp³-hybridized carbons (Fsp3) is 0.571. The van der Waals surface area contributed by atoms with E-state index in [1.165, 1.54) is 18.4 Å². The van der Waals surface area contributed by atoms with Gasteiger partial charge in [-0.3, -0.25) is 4.90 Å². The summed E-state index contributed by atoms with van der Waals surface area (Å²) in [6.45, 7) is 0.947. The Morgan fingerprint density at radius 1 is 1.12 bits per heavy atom. The number of rotatable bonds is 2.